The van der Waals surface area contributed by atoms with Gasteiger partial charge in [-0.05, 0) is 24.6 Å². The Morgan fingerprint density at radius 1 is 1.12 bits per heavy atom. The molecule has 1 aromatic carbocycles. The lowest BCUT2D eigenvalue weighted by Gasteiger charge is -2.17. The Bertz CT molecular complexity index is 836. The van der Waals surface area contributed by atoms with Crippen molar-refractivity contribution in [2.24, 2.45) is 0 Å². The van der Waals surface area contributed by atoms with Gasteiger partial charge in [-0.3, -0.25) is 0 Å². The van der Waals surface area contributed by atoms with E-state index >= 15 is 0 Å². The van der Waals surface area contributed by atoms with Gasteiger partial charge in [0.1, 0.15) is 18.5 Å². The van der Waals surface area contributed by atoms with Crippen LogP contribution in [0.3, 0.4) is 0 Å². The fraction of sp³-hybridized carbons (Fsp3) is 0.353. The molecule has 0 aliphatic rings. The standard InChI is InChI=1S/C17H21N5O3/c1-11(22-17-15-16(19-9-18-15)20-10-21-17)12-4-5-13(14(8-12)24-3)25-7-6-23-2/h4-5,8-11H,6-7H2,1-3H3,(H2,18,19,20,21,22)/t11-/m0/s1. The monoisotopic (exact) mass is 343 g/mol. The smallest absolute Gasteiger partial charge is 0.182 e. The number of fused-ring (bicyclic) bond motifs is 1. The van der Waals surface area contributed by atoms with Crippen molar-refractivity contribution in [2.45, 2.75) is 13.0 Å². The van der Waals surface area contributed by atoms with Gasteiger partial charge in [0.05, 0.1) is 26.1 Å². The first kappa shape index (κ1) is 17.0. The topological polar surface area (TPSA) is 94.2 Å². The molecule has 132 valence electrons. The number of hydrogen-bond donors (Lipinski definition) is 2. The second-order valence-electron chi connectivity index (χ2n) is 5.44. The van der Waals surface area contributed by atoms with E-state index in [0.29, 0.717) is 36.2 Å². The van der Waals surface area contributed by atoms with Gasteiger partial charge in [-0.2, -0.15) is 0 Å². The van der Waals surface area contributed by atoms with Crippen molar-refractivity contribution >= 4 is 17.0 Å². The number of nitrogens with one attached hydrogen (secondary N) is 2. The molecule has 2 heterocycles. The summed E-state index contributed by atoms with van der Waals surface area (Å²) in [6.07, 6.45) is 3.09. The maximum absolute atomic E-state index is 5.66. The summed E-state index contributed by atoms with van der Waals surface area (Å²) in [5.74, 6) is 2.07. The van der Waals surface area contributed by atoms with Crippen LogP contribution in [0.25, 0.3) is 11.2 Å². The summed E-state index contributed by atoms with van der Waals surface area (Å²) in [5, 5.41) is 3.37. The molecule has 3 rings (SSSR count). The van der Waals surface area contributed by atoms with Gasteiger partial charge in [0, 0.05) is 7.11 Å². The Kier molecular flexibility index (Phi) is 5.30. The number of rotatable bonds is 8. The minimum atomic E-state index is 0.00308. The van der Waals surface area contributed by atoms with E-state index in [9.17, 15) is 0 Å². The number of nitrogens with zero attached hydrogens (tertiary/aromatic N) is 3. The molecule has 25 heavy (non-hydrogen) atoms. The third-order valence-corrected chi connectivity index (χ3v) is 3.81. The van der Waals surface area contributed by atoms with Crippen molar-refractivity contribution in [3.63, 3.8) is 0 Å². The average Bonchev–Trinajstić information content (AvgIpc) is 3.12. The second-order valence-corrected chi connectivity index (χ2v) is 5.44. The molecule has 0 bridgehead atoms. The lowest BCUT2D eigenvalue weighted by atomic mass is 10.1. The second kappa shape index (κ2) is 7.80. The summed E-state index contributed by atoms with van der Waals surface area (Å²) in [6, 6.07) is 5.84. The van der Waals surface area contributed by atoms with E-state index in [2.05, 4.69) is 25.3 Å². The largest absolute Gasteiger partial charge is 0.493 e. The van der Waals surface area contributed by atoms with Crippen LogP contribution < -0.4 is 14.8 Å². The Morgan fingerprint density at radius 2 is 2.00 bits per heavy atom. The van der Waals surface area contributed by atoms with Crippen LogP contribution >= 0.6 is 0 Å². The molecule has 0 saturated carbocycles. The fourth-order valence-electron chi connectivity index (χ4n) is 2.47. The summed E-state index contributed by atoms with van der Waals surface area (Å²) in [4.78, 5) is 15.6. The van der Waals surface area contributed by atoms with E-state index < -0.39 is 0 Å². The average molecular weight is 343 g/mol. The lowest BCUT2D eigenvalue weighted by molar-refractivity contribution is 0.144. The molecule has 8 nitrogen and oxygen atoms in total. The maximum Gasteiger partial charge on any atom is 0.182 e. The highest BCUT2D eigenvalue weighted by Gasteiger charge is 2.13. The lowest BCUT2D eigenvalue weighted by Crippen LogP contribution is -2.10. The maximum atomic E-state index is 5.66. The van der Waals surface area contributed by atoms with Gasteiger partial charge in [-0.15, -0.1) is 0 Å². The predicted octanol–water partition coefficient (Wildman–Crippen LogP) is 2.56. The van der Waals surface area contributed by atoms with Crippen molar-refractivity contribution < 1.29 is 14.2 Å². The van der Waals surface area contributed by atoms with Gasteiger partial charge in [0.25, 0.3) is 0 Å². The van der Waals surface area contributed by atoms with Crippen molar-refractivity contribution in [1.29, 1.82) is 0 Å². The van der Waals surface area contributed by atoms with E-state index in [1.807, 2.05) is 25.1 Å². The molecule has 0 radical (unpaired) electrons. The number of ether oxygens (including phenoxy) is 3. The molecule has 0 saturated heterocycles. The Hall–Kier alpha value is -2.87. The number of aromatic amines is 1. The fourth-order valence-corrected chi connectivity index (χ4v) is 2.47. The van der Waals surface area contributed by atoms with Crippen LogP contribution in [0.15, 0.2) is 30.9 Å². The quantitative estimate of drug-likeness (QED) is 0.607. The molecule has 0 unspecified atom stereocenters. The number of H-pyrrole nitrogens is 1. The van der Waals surface area contributed by atoms with Crippen LogP contribution in [0, 0.1) is 0 Å². The number of imidazole rings is 1. The van der Waals surface area contributed by atoms with Crippen molar-refractivity contribution in [3.05, 3.63) is 36.4 Å². The van der Waals surface area contributed by atoms with E-state index in [-0.39, 0.29) is 6.04 Å². The summed E-state index contributed by atoms with van der Waals surface area (Å²) >= 11 is 0. The first-order chi connectivity index (χ1) is 12.2. The van der Waals surface area contributed by atoms with Crippen LogP contribution in [0.4, 0.5) is 5.82 Å². The number of hydrogen-bond acceptors (Lipinski definition) is 7. The molecule has 2 aromatic heterocycles. The van der Waals surface area contributed by atoms with E-state index in [4.69, 9.17) is 14.2 Å². The molecule has 0 spiro atoms. The first-order valence-electron chi connectivity index (χ1n) is 7.93. The van der Waals surface area contributed by atoms with Gasteiger partial charge in [-0.1, -0.05) is 6.07 Å². The van der Waals surface area contributed by atoms with Crippen LogP contribution in [-0.4, -0.2) is 47.4 Å². The van der Waals surface area contributed by atoms with Crippen molar-refractivity contribution in [1.82, 2.24) is 19.9 Å². The normalized spacial score (nSPS) is 12.1. The van der Waals surface area contributed by atoms with Gasteiger partial charge in [0.2, 0.25) is 0 Å². The summed E-state index contributed by atoms with van der Waals surface area (Å²) in [7, 11) is 3.26. The van der Waals surface area contributed by atoms with Gasteiger partial charge in [-0.25, -0.2) is 15.0 Å². The third kappa shape index (κ3) is 3.80. The first-order valence-corrected chi connectivity index (χ1v) is 7.93. The highest BCUT2D eigenvalue weighted by atomic mass is 16.5. The van der Waals surface area contributed by atoms with Crippen molar-refractivity contribution in [2.75, 3.05) is 32.8 Å². The third-order valence-electron chi connectivity index (χ3n) is 3.81. The number of methoxy groups -OCH3 is 2. The molecule has 0 fully saturated rings. The van der Waals surface area contributed by atoms with E-state index in [1.165, 1.54) is 6.33 Å². The molecule has 0 amide bonds. The molecule has 0 aliphatic heterocycles. The molecular weight excluding hydrogens is 322 g/mol. The predicted molar refractivity (Wildman–Crippen MR) is 94.1 cm³/mol. The van der Waals surface area contributed by atoms with Crippen LogP contribution in [0.1, 0.15) is 18.5 Å². The Labute approximate surface area is 145 Å². The number of aromatic nitrogens is 4. The van der Waals surface area contributed by atoms with Gasteiger partial charge >= 0.3 is 0 Å². The van der Waals surface area contributed by atoms with E-state index in [0.717, 1.165) is 11.1 Å². The minimum absolute atomic E-state index is 0.00308. The molecular formula is C17H21N5O3. The summed E-state index contributed by atoms with van der Waals surface area (Å²) in [5.41, 5.74) is 2.45. The SMILES string of the molecule is COCCOc1ccc([C@H](C)Nc2ncnc3nc[nH]c23)cc1OC. The molecule has 0 aliphatic carbocycles. The molecule has 8 heteroatoms. The Morgan fingerprint density at radius 3 is 2.80 bits per heavy atom. The van der Waals surface area contributed by atoms with Crippen LogP contribution in [0.5, 0.6) is 11.5 Å². The van der Waals surface area contributed by atoms with Crippen molar-refractivity contribution in [3.8, 4) is 11.5 Å². The number of anilines is 1. The van der Waals surface area contributed by atoms with Crippen LogP contribution in [0.2, 0.25) is 0 Å². The zero-order chi connectivity index (χ0) is 17.6. The molecule has 3 aromatic rings. The molecule has 2 N–H and O–H groups in total. The Balaban J connectivity index is 1.77. The van der Waals surface area contributed by atoms with Gasteiger partial charge in [0.15, 0.2) is 23.0 Å². The zero-order valence-electron chi connectivity index (χ0n) is 14.4. The minimum Gasteiger partial charge on any atom is -0.493 e. The van der Waals surface area contributed by atoms with Crippen LogP contribution in [-0.2, 0) is 4.74 Å². The van der Waals surface area contributed by atoms with E-state index in [1.54, 1.807) is 20.5 Å². The molecule has 1 atom stereocenters. The highest BCUT2D eigenvalue weighted by Crippen LogP contribution is 2.31. The zero-order valence-corrected chi connectivity index (χ0v) is 14.4. The van der Waals surface area contributed by atoms with Gasteiger partial charge < -0.3 is 24.5 Å². The number of benzene rings is 1. The highest BCUT2D eigenvalue weighted by molar-refractivity contribution is 5.82. The summed E-state index contributed by atoms with van der Waals surface area (Å²) in [6.45, 7) is 3.04. The summed E-state index contributed by atoms with van der Waals surface area (Å²) < 4.78 is 16.1.